The summed E-state index contributed by atoms with van der Waals surface area (Å²) in [7, 11) is -3.83. The van der Waals surface area contributed by atoms with Crippen LogP contribution in [0.5, 0.6) is 0 Å². The second-order valence-corrected chi connectivity index (χ2v) is 9.34. The summed E-state index contributed by atoms with van der Waals surface area (Å²) in [6.45, 7) is 2.00. The molecule has 146 valence electrons. The van der Waals surface area contributed by atoms with Crippen molar-refractivity contribution in [3.63, 3.8) is 0 Å². The zero-order chi connectivity index (χ0) is 19.7. The fourth-order valence-electron chi connectivity index (χ4n) is 3.89. The Labute approximate surface area is 166 Å². The molecule has 0 bridgehead atoms. The molecule has 6 heteroatoms. The molecule has 1 saturated carbocycles. The number of aromatic nitrogens is 2. The van der Waals surface area contributed by atoms with Crippen molar-refractivity contribution in [3.8, 4) is 11.3 Å². The van der Waals surface area contributed by atoms with Gasteiger partial charge in [0.2, 0.25) is 0 Å². The van der Waals surface area contributed by atoms with Crippen LogP contribution in [0.15, 0.2) is 59.5 Å². The topological polar surface area (TPSA) is 78.0 Å². The quantitative estimate of drug-likeness (QED) is 0.693. The molecule has 1 fully saturated rings. The lowest BCUT2D eigenvalue weighted by Crippen LogP contribution is -2.17. The normalized spacial score (nSPS) is 15.6. The molecule has 0 atom stereocenters. The van der Waals surface area contributed by atoms with E-state index in [1.54, 1.807) is 18.2 Å². The minimum atomic E-state index is -3.83. The van der Waals surface area contributed by atoms with Crippen LogP contribution in [-0.4, -0.2) is 17.6 Å². The lowest BCUT2D eigenvalue weighted by molar-refractivity contribution is 0.443. The average molecular weight is 396 g/mol. The van der Waals surface area contributed by atoms with E-state index in [2.05, 4.69) is 5.10 Å². The summed E-state index contributed by atoms with van der Waals surface area (Å²) in [5.74, 6) is 0.639. The van der Waals surface area contributed by atoms with Crippen LogP contribution < -0.4 is 5.73 Å². The molecular formula is C22H25N3O2S. The monoisotopic (exact) mass is 395 g/mol. The molecule has 4 rings (SSSR count). The minimum Gasteiger partial charge on any atom is -0.383 e. The van der Waals surface area contributed by atoms with Gasteiger partial charge in [0, 0.05) is 11.6 Å². The zero-order valence-electron chi connectivity index (χ0n) is 16.0. The summed E-state index contributed by atoms with van der Waals surface area (Å²) in [5, 5.41) is 4.27. The molecule has 3 aromatic rings. The first-order valence-electron chi connectivity index (χ1n) is 9.73. The molecular weight excluding hydrogens is 370 g/mol. The van der Waals surface area contributed by atoms with Crippen LogP contribution in [0, 0.1) is 6.92 Å². The van der Waals surface area contributed by atoms with Crippen molar-refractivity contribution < 1.29 is 8.42 Å². The summed E-state index contributed by atoms with van der Waals surface area (Å²) in [5.41, 5.74) is 9.72. The van der Waals surface area contributed by atoms with E-state index < -0.39 is 10.0 Å². The number of benzene rings is 2. The van der Waals surface area contributed by atoms with Gasteiger partial charge < -0.3 is 5.73 Å². The Hall–Kier alpha value is -2.60. The van der Waals surface area contributed by atoms with E-state index in [1.165, 1.54) is 37.7 Å². The summed E-state index contributed by atoms with van der Waals surface area (Å²) < 4.78 is 27.1. The number of rotatable bonds is 4. The standard InChI is InChI=1S/C22H25N3O2S/c1-16-7-9-19(10-8-16)21-15-22(23)25(24-21)28(26,27)20-13-11-18(12-14-20)17-5-3-2-4-6-17/h7-15,17H,2-6,23H2,1H3. The van der Waals surface area contributed by atoms with Gasteiger partial charge in [0.25, 0.3) is 10.0 Å². The van der Waals surface area contributed by atoms with Crippen LogP contribution in [0.4, 0.5) is 5.82 Å². The highest BCUT2D eigenvalue weighted by atomic mass is 32.2. The van der Waals surface area contributed by atoms with E-state index in [-0.39, 0.29) is 10.7 Å². The Morgan fingerprint density at radius 2 is 1.61 bits per heavy atom. The SMILES string of the molecule is Cc1ccc(-c2cc(N)n(S(=O)(=O)c3ccc(C4CCCCC4)cc3)n2)cc1. The molecule has 0 unspecified atom stereocenters. The van der Waals surface area contributed by atoms with Gasteiger partial charge in [-0.1, -0.05) is 61.2 Å². The maximum absolute atomic E-state index is 13.1. The Bertz CT molecular complexity index is 1060. The lowest BCUT2D eigenvalue weighted by Gasteiger charge is -2.22. The van der Waals surface area contributed by atoms with Gasteiger partial charge in [0.1, 0.15) is 5.82 Å². The highest BCUT2D eigenvalue weighted by Crippen LogP contribution is 2.33. The first kappa shape index (κ1) is 18.7. The lowest BCUT2D eigenvalue weighted by atomic mass is 9.84. The Morgan fingerprint density at radius 3 is 2.25 bits per heavy atom. The number of hydrogen-bond acceptors (Lipinski definition) is 4. The van der Waals surface area contributed by atoms with E-state index in [4.69, 9.17) is 5.73 Å². The smallest absolute Gasteiger partial charge is 0.284 e. The number of anilines is 1. The van der Waals surface area contributed by atoms with Crippen molar-refractivity contribution >= 4 is 15.8 Å². The molecule has 1 aliphatic rings. The molecule has 0 spiro atoms. The predicted octanol–water partition coefficient (Wildman–Crippen LogP) is 4.73. The van der Waals surface area contributed by atoms with Crippen molar-refractivity contribution in [1.29, 1.82) is 0 Å². The van der Waals surface area contributed by atoms with Gasteiger partial charge in [-0.15, -0.1) is 4.09 Å². The molecule has 0 radical (unpaired) electrons. The second-order valence-electron chi connectivity index (χ2n) is 7.57. The number of nitrogens with zero attached hydrogens (tertiary/aromatic N) is 2. The largest absolute Gasteiger partial charge is 0.383 e. The first-order valence-corrected chi connectivity index (χ1v) is 11.2. The average Bonchev–Trinajstić information content (AvgIpc) is 3.12. The molecule has 1 aromatic heterocycles. The molecule has 1 heterocycles. The van der Waals surface area contributed by atoms with Crippen molar-refractivity contribution in [2.45, 2.75) is 49.8 Å². The fourth-order valence-corrected chi connectivity index (χ4v) is 5.09. The number of nitrogen functional groups attached to an aromatic ring is 1. The first-order chi connectivity index (χ1) is 13.4. The molecule has 2 N–H and O–H groups in total. The minimum absolute atomic E-state index is 0.104. The molecule has 0 amide bonds. The molecule has 0 saturated heterocycles. The summed E-state index contributed by atoms with van der Waals surface area (Å²) in [6, 6.07) is 16.6. The van der Waals surface area contributed by atoms with Crippen LogP contribution in [0.1, 0.15) is 49.1 Å². The molecule has 28 heavy (non-hydrogen) atoms. The summed E-state index contributed by atoms with van der Waals surface area (Å²) in [6.07, 6.45) is 6.15. The summed E-state index contributed by atoms with van der Waals surface area (Å²) >= 11 is 0. The Balaban J connectivity index is 1.64. The fraction of sp³-hybridized carbons (Fsp3) is 0.318. The van der Waals surface area contributed by atoms with Crippen molar-refractivity contribution in [1.82, 2.24) is 9.19 Å². The van der Waals surface area contributed by atoms with E-state index in [0.717, 1.165) is 15.2 Å². The van der Waals surface area contributed by atoms with Crippen LogP contribution in [0.2, 0.25) is 0 Å². The van der Waals surface area contributed by atoms with Crippen LogP contribution in [0.3, 0.4) is 0 Å². The second kappa shape index (κ2) is 7.43. The van der Waals surface area contributed by atoms with E-state index in [1.807, 2.05) is 43.3 Å². The third-order valence-electron chi connectivity index (χ3n) is 5.53. The Kier molecular flexibility index (Phi) is 4.98. The number of nitrogens with two attached hydrogens (primary N) is 1. The van der Waals surface area contributed by atoms with Crippen LogP contribution in [-0.2, 0) is 10.0 Å². The van der Waals surface area contributed by atoms with Gasteiger partial charge in [0.05, 0.1) is 10.6 Å². The van der Waals surface area contributed by atoms with Crippen molar-refractivity contribution in [2.75, 3.05) is 5.73 Å². The highest BCUT2D eigenvalue weighted by molar-refractivity contribution is 7.90. The zero-order valence-corrected chi connectivity index (χ0v) is 16.8. The Morgan fingerprint density at radius 1 is 0.964 bits per heavy atom. The molecule has 0 aliphatic heterocycles. The molecule has 1 aliphatic carbocycles. The van der Waals surface area contributed by atoms with Crippen molar-refractivity contribution in [2.24, 2.45) is 0 Å². The van der Waals surface area contributed by atoms with Gasteiger partial charge in [-0.25, -0.2) is 0 Å². The molecule has 2 aromatic carbocycles. The van der Waals surface area contributed by atoms with E-state index in [0.29, 0.717) is 11.6 Å². The van der Waals surface area contributed by atoms with Gasteiger partial charge >= 0.3 is 0 Å². The predicted molar refractivity (Wildman–Crippen MR) is 112 cm³/mol. The molecule has 5 nitrogen and oxygen atoms in total. The maximum Gasteiger partial charge on any atom is 0.284 e. The van der Waals surface area contributed by atoms with E-state index in [9.17, 15) is 8.42 Å². The third kappa shape index (κ3) is 3.56. The van der Waals surface area contributed by atoms with Crippen molar-refractivity contribution in [3.05, 3.63) is 65.7 Å². The highest BCUT2D eigenvalue weighted by Gasteiger charge is 2.23. The number of aryl methyl sites for hydroxylation is 1. The van der Waals surface area contributed by atoms with Gasteiger partial charge in [0.15, 0.2) is 0 Å². The van der Waals surface area contributed by atoms with E-state index >= 15 is 0 Å². The van der Waals surface area contributed by atoms with Crippen LogP contribution in [0.25, 0.3) is 11.3 Å². The van der Waals surface area contributed by atoms with Gasteiger partial charge in [-0.2, -0.15) is 13.5 Å². The summed E-state index contributed by atoms with van der Waals surface area (Å²) in [4.78, 5) is 0.206. The van der Waals surface area contributed by atoms with Gasteiger partial charge in [-0.3, -0.25) is 0 Å². The van der Waals surface area contributed by atoms with Crippen LogP contribution >= 0.6 is 0 Å². The van der Waals surface area contributed by atoms with Gasteiger partial charge in [-0.05, 0) is 43.4 Å². The third-order valence-corrected chi connectivity index (χ3v) is 7.15. The maximum atomic E-state index is 13.1. The number of hydrogen-bond donors (Lipinski definition) is 1.